The molecule has 1 saturated heterocycles. The fourth-order valence-electron chi connectivity index (χ4n) is 4.82. The molecule has 4 heterocycles. The van der Waals surface area contributed by atoms with Crippen LogP contribution in [0.15, 0.2) is 55.1 Å². The van der Waals surface area contributed by atoms with Crippen LogP contribution in [0.5, 0.6) is 0 Å². The predicted octanol–water partition coefficient (Wildman–Crippen LogP) is 4.00. The van der Waals surface area contributed by atoms with Gasteiger partial charge in [0.2, 0.25) is 0 Å². The van der Waals surface area contributed by atoms with Crippen molar-refractivity contribution < 1.29 is 14.0 Å². The molecule has 0 spiro atoms. The number of halogens is 1. The topological polar surface area (TPSA) is 96.6 Å². The van der Waals surface area contributed by atoms with Crippen LogP contribution in [0.3, 0.4) is 0 Å². The summed E-state index contributed by atoms with van der Waals surface area (Å²) in [7, 11) is 0. The molecular weight excluding hydrogens is 485 g/mol. The minimum atomic E-state index is -0.632. The highest BCUT2D eigenvalue weighted by Gasteiger charge is 2.40. The first-order chi connectivity index (χ1) is 17.9. The highest BCUT2D eigenvalue weighted by Crippen LogP contribution is 2.31. The first-order valence-corrected chi connectivity index (χ1v) is 12.5. The number of hydrogen-bond donors (Lipinski definition) is 0. The van der Waals surface area contributed by atoms with Gasteiger partial charge in [0.05, 0.1) is 17.4 Å². The molecule has 4 aromatic rings. The molecule has 38 heavy (non-hydrogen) atoms. The van der Waals surface area contributed by atoms with Gasteiger partial charge in [0.15, 0.2) is 5.65 Å². The SMILES string of the molecule is CC(C)(C)c1cc(-c2ccc(F)cc2)nn2cc(C(=O)N3CCN(C(=O)c4ccncn4)CC3(C)C)nc12. The molecule has 9 nitrogen and oxygen atoms in total. The van der Waals surface area contributed by atoms with Crippen LogP contribution in [0, 0.1) is 5.82 Å². The number of piperazine rings is 1. The molecule has 5 rings (SSSR count). The normalized spacial score (nSPS) is 15.6. The third-order valence-electron chi connectivity index (χ3n) is 6.83. The Morgan fingerprint density at radius 1 is 1.00 bits per heavy atom. The van der Waals surface area contributed by atoms with E-state index in [0.717, 1.165) is 11.1 Å². The zero-order valence-electron chi connectivity index (χ0n) is 22.1. The van der Waals surface area contributed by atoms with E-state index in [2.05, 4.69) is 30.7 Å². The molecule has 0 unspecified atom stereocenters. The van der Waals surface area contributed by atoms with E-state index in [0.29, 0.717) is 36.7 Å². The molecule has 0 aliphatic carbocycles. The number of hydrogen-bond acceptors (Lipinski definition) is 6. The van der Waals surface area contributed by atoms with E-state index in [1.165, 1.54) is 24.7 Å². The van der Waals surface area contributed by atoms with Crippen molar-refractivity contribution in [2.45, 2.75) is 45.6 Å². The van der Waals surface area contributed by atoms with Crippen LogP contribution in [-0.2, 0) is 5.41 Å². The Kier molecular flexibility index (Phi) is 6.21. The first-order valence-electron chi connectivity index (χ1n) is 12.5. The van der Waals surface area contributed by atoms with Crippen molar-refractivity contribution in [3.05, 3.63) is 77.9 Å². The summed E-state index contributed by atoms with van der Waals surface area (Å²) >= 11 is 0. The van der Waals surface area contributed by atoms with Crippen molar-refractivity contribution in [2.24, 2.45) is 0 Å². The Bertz CT molecular complexity index is 1510. The highest BCUT2D eigenvalue weighted by molar-refractivity contribution is 5.95. The van der Waals surface area contributed by atoms with Crippen LogP contribution in [-0.4, -0.2) is 71.4 Å². The summed E-state index contributed by atoms with van der Waals surface area (Å²) in [5.41, 5.74) is 2.65. The molecule has 0 saturated carbocycles. The number of nitrogens with zero attached hydrogens (tertiary/aromatic N) is 7. The van der Waals surface area contributed by atoms with E-state index < -0.39 is 5.54 Å². The van der Waals surface area contributed by atoms with E-state index in [-0.39, 0.29) is 28.7 Å². The van der Waals surface area contributed by atoms with E-state index in [1.54, 1.807) is 38.7 Å². The van der Waals surface area contributed by atoms with Crippen LogP contribution in [0.2, 0.25) is 0 Å². The summed E-state index contributed by atoms with van der Waals surface area (Å²) in [6.45, 7) is 11.2. The largest absolute Gasteiger partial charge is 0.333 e. The lowest BCUT2D eigenvalue weighted by atomic mass is 9.87. The van der Waals surface area contributed by atoms with Crippen LogP contribution >= 0.6 is 0 Å². The van der Waals surface area contributed by atoms with Crippen LogP contribution < -0.4 is 0 Å². The summed E-state index contributed by atoms with van der Waals surface area (Å²) in [4.78, 5) is 42.8. The lowest BCUT2D eigenvalue weighted by Gasteiger charge is -2.46. The van der Waals surface area contributed by atoms with Crippen LogP contribution in [0.1, 0.15) is 61.2 Å². The Morgan fingerprint density at radius 3 is 2.37 bits per heavy atom. The van der Waals surface area contributed by atoms with Gasteiger partial charge >= 0.3 is 0 Å². The van der Waals surface area contributed by atoms with Gasteiger partial charge in [0.1, 0.15) is 23.5 Å². The molecule has 0 radical (unpaired) electrons. The second-order valence-corrected chi connectivity index (χ2v) is 11.2. The maximum Gasteiger partial charge on any atom is 0.274 e. The molecule has 10 heteroatoms. The van der Waals surface area contributed by atoms with Crippen molar-refractivity contribution in [2.75, 3.05) is 19.6 Å². The Hall–Kier alpha value is -4.21. The average molecular weight is 516 g/mol. The monoisotopic (exact) mass is 515 g/mol. The summed E-state index contributed by atoms with van der Waals surface area (Å²) in [6.07, 6.45) is 4.54. The number of imidazole rings is 1. The maximum absolute atomic E-state index is 13.7. The molecular formula is C28H30FN7O2. The number of amides is 2. The molecule has 0 bridgehead atoms. The third-order valence-corrected chi connectivity index (χ3v) is 6.83. The molecule has 1 aliphatic heterocycles. The number of carbonyl (C=O) groups excluding carboxylic acids is 2. The Labute approximate surface area is 220 Å². The molecule has 1 fully saturated rings. The summed E-state index contributed by atoms with van der Waals surface area (Å²) in [6, 6.07) is 9.71. The van der Waals surface area contributed by atoms with Gasteiger partial charge in [-0.15, -0.1) is 0 Å². The van der Waals surface area contributed by atoms with Gasteiger partial charge in [-0.05, 0) is 55.7 Å². The molecule has 196 valence electrons. The van der Waals surface area contributed by atoms with Gasteiger partial charge in [-0.25, -0.2) is 23.9 Å². The standard InChI is InChI=1S/C28H30FN7O2/c1-27(2,3)20-14-22(18-6-8-19(29)9-7-18)33-36-15-23(32-24(20)36)26(38)35-13-12-34(16-28(35,4)5)25(37)21-10-11-30-17-31-21/h6-11,14-15,17H,12-13,16H2,1-5H3. The average Bonchev–Trinajstić information content (AvgIpc) is 3.31. The second-order valence-electron chi connectivity index (χ2n) is 11.2. The highest BCUT2D eigenvalue weighted by atomic mass is 19.1. The number of benzene rings is 1. The van der Waals surface area contributed by atoms with Gasteiger partial charge in [-0.2, -0.15) is 5.10 Å². The zero-order valence-corrected chi connectivity index (χ0v) is 22.1. The second kappa shape index (κ2) is 9.27. The Balaban J connectivity index is 1.46. The van der Waals surface area contributed by atoms with Gasteiger partial charge in [-0.3, -0.25) is 9.59 Å². The van der Waals surface area contributed by atoms with Gasteiger partial charge < -0.3 is 9.80 Å². The maximum atomic E-state index is 13.7. The van der Waals surface area contributed by atoms with Crippen molar-refractivity contribution in [3.8, 4) is 11.3 Å². The number of fused-ring (bicyclic) bond motifs is 1. The quantitative estimate of drug-likeness (QED) is 0.409. The fourth-order valence-corrected chi connectivity index (χ4v) is 4.82. The molecule has 0 N–H and O–H groups in total. The van der Waals surface area contributed by atoms with Crippen LogP contribution in [0.4, 0.5) is 4.39 Å². The summed E-state index contributed by atoms with van der Waals surface area (Å²) in [5, 5.41) is 4.70. The smallest absolute Gasteiger partial charge is 0.274 e. The van der Waals surface area contributed by atoms with Crippen LogP contribution in [0.25, 0.3) is 16.9 Å². The van der Waals surface area contributed by atoms with Gasteiger partial charge in [0.25, 0.3) is 11.8 Å². The van der Waals surface area contributed by atoms with Gasteiger partial charge in [0, 0.05) is 37.0 Å². The molecule has 1 aromatic carbocycles. The lowest BCUT2D eigenvalue weighted by molar-refractivity contribution is 0.0162. The fraction of sp³-hybridized carbons (Fsp3) is 0.357. The Morgan fingerprint density at radius 2 is 1.74 bits per heavy atom. The molecule has 0 atom stereocenters. The first kappa shape index (κ1) is 25.4. The third kappa shape index (κ3) is 4.73. The number of rotatable bonds is 3. The van der Waals surface area contributed by atoms with Crippen molar-refractivity contribution in [3.63, 3.8) is 0 Å². The van der Waals surface area contributed by atoms with Crippen molar-refractivity contribution >= 4 is 17.5 Å². The minimum Gasteiger partial charge on any atom is -0.333 e. The molecule has 2 amide bonds. The zero-order chi connectivity index (χ0) is 27.2. The lowest BCUT2D eigenvalue weighted by Crippen LogP contribution is -2.62. The predicted molar refractivity (Wildman–Crippen MR) is 140 cm³/mol. The number of carbonyl (C=O) groups is 2. The van der Waals surface area contributed by atoms with Crippen molar-refractivity contribution in [1.29, 1.82) is 0 Å². The van der Waals surface area contributed by atoms with E-state index in [4.69, 9.17) is 10.1 Å². The summed E-state index contributed by atoms with van der Waals surface area (Å²) < 4.78 is 15.1. The number of aromatic nitrogens is 5. The van der Waals surface area contributed by atoms with E-state index in [1.807, 2.05) is 19.9 Å². The van der Waals surface area contributed by atoms with E-state index >= 15 is 0 Å². The minimum absolute atomic E-state index is 0.187. The summed E-state index contributed by atoms with van der Waals surface area (Å²) in [5.74, 6) is -0.728. The molecule has 3 aromatic heterocycles. The van der Waals surface area contributed by atoms with Gasteiger partial charge in [-0.1, -0.05) is 20.8 Å². The van der Waals surface area contributed by atoms with E-state index in [9.17, 15) is 14.0 Å². The van der Waals surface area contributed by atoms with Crippen molar-refractivity contribution in [1.82, 2.24) is 34.4 Å². The molecule has 1 aliphatic rings.